The van der Waals surface area contributed by atoms with Crippen LogP contribution in [0.5, 0.6) is 5.75 Å². The van der Waals surface area contributed by atoms with Gasteiger partial charge in [-0.15, -0.1) is 0 Å². The molecule has 0 spiro atoms. The molecule has 0 unspecified atom stereocenters. The zero-order valence-electron chi connectivity index (χ0n) is 17.6. The summed E-state index contributed by atoms with van der Waals surface area (Å²) < 4.78 is 5.48. The van der Waals surface area contributed by atoms with Crippen LogP contribution in [-0.2, 0) is 12.0 Å². The maximum Gasteiger partial charge on any atom is 0.137 e. The van der Waals surface area contributed by atoms with Crippen molar-refractivity contribution in [3.8, 4) is 5.75 Å². The maximum absolute atomic E-state index is 6.26. The van der Waals surface area contributed by atoms with E-state index in [1.54, 1.807) is 7.11 Å². The molecule has 0 N–H and O–H groups in total. The van der Waals surface area contributed by atoms with Gasteiger partial charge in [-0.05, 0) is 76.5 Å². The van der Waals surface area contributed by atoms with Crippen molar-refractivity contribution in [3.05, 3.63) is 64.7 Å². The summed E-state index contributed by atoms with van der Waals surface area (Å²) in [6, 6.07) is 17.7. The van der Waals surface area contributed by atoms with Crippen molar-refractivity contribution in [2.24, 2.45) is 0 Å². The summed E-state index contributed by atoms with van der Waals surface area (Å²) in [7, 11) is 8.36. The molecule has 1 fully saturated rings. The Balaban J connectivity index is 1.66. The van der Waals surface area contributed by atoms with Gasteiger partial charge in [0.2, 0.25) is 0 Å². The highest BCUT2D eigenvalue weighted by atomic mass is 35.5. The third-order valence-electron chi connectivity index (χ3n) is 6.55. The SMILES string of the molecule is COc1cc(C2(N(C)C)CCC(N(C)CCc3ccccc3)CC2)ccc1Cl. The second-order valence-corrected chi connectivity index (χ2v) is 8.63. The number of likely N-dealkylation sites (N-methyl/N-ethyl adjacent to an activating group) is 1. The molecule has 0 amide bonds. The fraction of sp³-hybridized carbons (Fsp3) is 0.500. The van der Waals surface area contributed by atoms with Gasteiger partial charge in [-0.3, -0.25) is 4.90 Å². The number of hydrogen-bond donors (Lipinski definition) is 0. The standard InChI is InChI=1S/C24H33ClN2O/c1-26(2)24(20-10-11-22(25)23(18-20)28-4)15-12-21(13-16-24)27(3)17-14-19-8-6-5-7-9-19/h5-11,18,21H,12-17H2,1-4H3. The van der Waals surface area contributed by atoms with Gasteiger partial charge in [0.15, 0.2) is 0 Å². The number of halogens is 1. The van der Waals surface area contributed by atoms with Gasteiger partial charge in [0, 0.05) is 18.1 Å². The van der Waals surface area contributed by atoms with Gasteiger partial charge in [-0.2, -0.15) is 0 Å². The Morgan fingerprint density at radius 3 is 2.32 bits per heavy atom. The van der Waals surface area contributed by atoms with Crippen LogP contribution in [0.4, 0.5) is 0 Å². The van der Waals surface area contributed by atoms with Crippen molar-refractivity contribution < 1.29 is 4.74 Å². The van der Waals surface area contributed by atoms with Crippen molar-refractivity contribution in [1.29, 1.82) is 0 Å². The first-order valence-corrected chi connectivity index (χ1v) is 10.6. The summed E-state index contributed by atoms with van der Waals surface area (Å²) in [5.41, 5.74) is 2.78. The highest BCUT2D eigenvalue weighted by molar-refractivity contribution is 6.32. The van der Waals surface area contributed by atoms with Crippen LogP contribution < -0.4 is 4.74 Å². The van der Waals surface area contributed by atoms with Gasteiger partial charge in [-0.25, -0.2) is 0 Å². The predicted molar refractivity (Wildman–Crippen MR) is 118 cm³/mol. The van der Waals surface area contributed by atoms with Crippen LogP contribution in [0.1, 0.15) is 36.8 Å². The molecule has 0 heterocycles. The van der Waals surface area contributed by atoms with Crippen molar-refractivity contribution in [2.75, 3.05) is 34.8 Å². The molecule has 0 atom stereocenters. The van der Waals surface area contributed by atoms with E-state index in [0.717, 1.165) is 31.6 Å². The molecule has 1 saturated carbocycles. The minimum Gasteiger partial charge on any atom is -0.495 e. The van der Waals surface area contributed by atoms with Gasteiger partial charge in [0.05, 0.1) is 12.1 Å². The zero-order chi connectivity index (χ0) is 20.1. The Kier molecular flexibility index (Phi) is 7.03. The number of benzene rings is 2. The number of methoxy groups -OCH3 is 1. The molecule has 1 aliphatic carbocycles. The molecule has 4 heteroatoms. The molecule has 0 aromatic heterocycles. The van der Waals surface area contributed by atoms with Crippen molar-refractivity contribution in [2.45, 2.75) is 43.7 Å². The first-order valence-electron chi connectivity index (χ1n) is 10.2. The van der Waals surface area contributed by atoms with Crippen LogP contribution in [0.15, 0.2) is 48.5 Å². The van der Waals surface area contributed by atoms with E-state index in [1.807, 2.05) is 6.07 Å². The minimum absolute atomic E-state index is 0.0502. The fourth-order valence-electron chi connectivity index (χ4n) is 4.60. The van der Waals surface area contributed by atoms with Gasteiger partial charge >= 0.3 is 0 Å². The molecular weight excluding hydrogens is 368 g/mol. The second-order valence-electron chi connectivity index (χ2n) is 8.22. The molecular formula is C24H33ClN2O. The van der Waals surface area contributed by atoms with Crippen LogP contribution in [-0.4, -0.2) is 50.6 Å². The molecule has 3 rings (SSSR count). The number of hydrogen-bond acceptors (Lipinski definition) is 3. The summed E-state index contributed by atoms with van der Waals surface area (Å²) in [6.45, 7) is 1.11. The Hall–Kier alpha value is -1.55. The quantitative estimate of drug-likeness (QED) is 0.633. The van der Waals surface area contributed by atoms with E-state index in [1.165, 1.54) is 24.0 Å². The lowest BCUT2D eigenvalue weighted by molar-refractivity contribution is 0.0575. The Morgan fingerprint density at radius 2 is 1.71 bits per heavy atom. The average molecular weight is 401 g/mol. The minimum atomic E-state index is 0.0502. The summed E-state index contributed by atoms with van der Waals surface area (Å²) in [6.07, 6.45) is 5.81. The predicted octanol–water partition coefficient (Wildman–Crippen LogP) is 5.22. The number of ether oxygens (including phenoxy) is 1. The van der Waals surface area contributed by atoms with E-state index in [0.29, 0.717) is 11.1 Å². The molecule has 2 aromatic rings. The topological polar surface area (TPSA) is 15.7 Å². The van der Waals surface area contributed by atoms with E-state index >= 15 is 0 Å². The summed E-state index contributed by atoms with van der Waals surface area (Å²) >= 11 is 6.26. The molecule has 2 aromatic carbocycles. The Bertz CT molecular complexity index is 754. The molecule has 0 saturated heterocycles. The lowest BCUT2D eigenvalue weighted by Gasteiger charge is -2.47. The maximum atomic E-state index is 6.26. The van der Waals surface area contributed by atoms with Crippen LogP contribution in [0, 0.1) is 0 Å². The van der Waals surface area contributed by atoms with E-state index in [4.69, 9.17) is 16.3 Å². The Morgan fingerprint density at radius 1 is 1.04 bits per heavy atom. The van der Waals surface area contributed by atoms with Crippen LogP contribution in [0.2, 0.25) is 5.02 Å². The van der Waals surface area contributed by atoms with Crippen LogP contribution in [0.3, 0.4) is 0 Å². The third kappa shape index (κ3) is 4.53. The zero-order valence-corrected chi connectivity index (χ0v) is 18.4. The smallest absolute Gasteiger partial charge is 0.137 e. The summed E-state index contributed by atoms with van der Waals surface area (Å²) in [4.78, 5) is 4.94. The molecule has 152 valence electrons. The molecule has 0 bridgehead atoms. The van der Waals surface area contributed by atoms with Crippen molar-refractivity contribution in [1.82, 2.24) is 9.80 Å². The largest absolute Gasteiger partial charge is 0.495 e. The Labute approximate surface area is 175 Å². The lowest BCUT2D eigenvalue weighted by Crippen LogP contribution is -2.48. The average Bonchev–Trinajstić information content (AvgIpc) is 2.73. The molecule has 28 heavy (non-hydrogen) atoms. The first kappa shape index (κ1) is 21.2. The number of rotatable bonds is 7. The van der Waals surface area contributed by atoms with Gasteiger partial charge < -0.3 is 9.64 Å². The fourth-order valence-corrected chi connectivity index (χ4v) is 4.79. The molecule has 1 aliphatic rings. The highest BCUT2D eigenvalue weighted by Crippen LogP contribution is 2.44. The summed E-state index contributed by atoms with van der Waals surface area (Å²) in [5.74, 6) is 0.766. The normalized spacial score (nSPS) is 22.6. The van der Waals surface area contributed by atoms with E-state index in [2.05, 4.69) is 73.4 Å². The van der Waals surface area contributed by atoms with Crippen molar-refractivity contribution >= 4 is 11.6 Å². The first-order chi connectivity index (χ1) is 13.5. The van der Waals surface area contributed by atoms with Crippen molar-refractivity contribution in [3.63, 3.8) is 0 Å². The van der Waals surface area contributed by atoms with Gasteiger partial charge in [-0.1, -0.05) is 48.0 Å². The number of nitrogens with zero attached hydrogens (tertiary/aromatic N) is 2. The molecule has 0 radical (unpaired) electrons. The van der Waals surface area contributed by atoms with Gasteiger partial charge in [0.1, 0.15) is 5.75 Å². The molecule has 0 aliphatic heterocycles. The van der Waals surface area contributed by atoms with E-state index < -0.39 is 0 Å². The second kappa shape index (κ2) is 9.30. The van der Waals surface area contributed by atoms with Crippen LogP contribution >= 0.6 is 11.6 Å². The monoisotopic (exact) mass is 400 g/mol. The lowest BCUT2D eigenvalue weighted by atomic mass is 9.73. The van der Waals surface area contributed by atoms with E-state index in [9.17, 15) is 0 Å². The highest BCUT2D eigenvalue weighted by Gasteiger charge is 2.39. The molecule has 3 nitrogen and oxygen atoms in total. The third-order valence-corrected chi connectivity index (χ3v) is 6.86. The van der Waals surface area contributed by atoms with Crippen LogP contribution in [0.25, 0.3) is 0 Å². The summed E-state index contributed by atoms with van der Waals surface area (Å²) in [5, 5.41) is 0.675. The van der Waals surface area contributed by atoms with Gasteiger partial charge in [0.25, 0.3) is 0 Å². The van der Waals surface area contributed by atoms with E-state index in [-0.39, 0.29) is 5.54 Å².